The number of hydrogen-bond acceptors (Lipinski definition) is 4. The maximum Gasteiger partial charge on any atom is 0.326 e. The summed E-state index contributed by atoms with van der Waals surface area (Å²) in [7, 11) is 0. The summed E-state index contributed by atoms with van der Waals surface area (Å²) in [5, 5.41) is 19.6. The van der Waals surface area contributed by atoms with Crippen LogP contribution in [0.25, 0.3) is 0 Å². The van der Waals surface area contributed by atoms with Crippen molar-refractivity contribution in [2.24, 2.45) is 0 Å². The Morgan fingerprint density at radius 3 is 2.33 bits per heavy atom. The highest BCUT2D eigenvalue weighted by molar-refractivity contribution is 7.99. The predicted molar refractivity (Wildman–Crippen MR) is 79.2 cm³/mol. The molecule has 0 radical (unpaired) electrons. The molecule has 1 atom stereocenters. The van der Waals surface area contributed by atoms with Gasteiger partial charge < -0.3 is 15.5 Å². The van der Waals surface area contributed by atoms with Gasteiger partial charge in [0.05, 0.1) is 12.2 Å². The maximum absolute atomic E-state index is 11.6. The topological polar surface area (TPSA) is 104 Å². The summed E-state index contributed by atoms with van der Waals surface area (Å²) < 4.78 is 0. The molecular formula is C14H17NO5S. The first-order chi connectivity index (χ1) is 9.88. The Balaban J connectivity index is 2.37. The van der Waals surface area contributed by atoms with Gasteiger partial charge in [-0.2, -0.15) is 0 Å². The number of amides is 1. The Bertz CT molecular complexity index is 515. The quantitative estimate of drug-likeness (QED) is 0.668. The monoisotopic (exact) mass is 311 g/mol. The maximum atomic E-state index is 11.6. The van der Waals surface area contributed by atoms with Crippen molar-refractivity contribution in [2.45, 2.75) is 25.1 Å². The lowest BCUT2D eigenvalue weighted by molar-refractivity contribution is -0.147. The molecule has 1 aromatic rings. The first-order valence-corrected chi connectivity index (χ1v) is 7.41. The predicted octanol–water partition coefficient (Wildman–Crippen LogP) is 1.27. The minimum absolute atomic E-state index is 0.0806. The third-order valence-corrected chi connectivity index (χ3v) is 3.64. The molecule has 114 valence electrons. The average molecular weight is 311 g/mol. The molecule has 0 saturated carbocycles. The summed E-state index contributed by atoms with van der Waals surface area (Å²) in [5.74, 6) is -2.40. The van der Waals surface area contributed by atoms with E-state index in [4.69, 9.17) is 10.2 Å². The summed E-state index contributed by atoms with van der Waals surface area (Å²) in [6.07, 6.45) is -0.635. The summed E-state index contributed by atoms with van der Waals surface area (Å²) in [6.45, 7) is 1.98. The van der Waals surface area contributed by atoms with E-state index in [1.807, 2.05) is 31.2 Å². The van der Waals surface area contributed by atoms with Gasteiger partial charge in [0.1, 0.15) is 6.04 Å². The number of carbonyl (C=O) groups is 3. The molecule has 0 aliphatic heterocycles. The smallest absolute Gasteiger partial charge is 0.326 e. The Morgan fingerprint density at radius 2 is 1.81 bits per heavy atom. The second-order valence-electron chi connectivity index (χ2n) is 4.53. The highest BCUT2D eigenvalue weighted by Crippen LogP contribution is 2.12. The number of aliphatic carboxylic acids is 2. The van der Waals surface area contributed by atoms with E-state index in [0.717, 1.165) is 11.1 Å². The van der Waals surface area contributed by atoms with Crippen LogP contribution < -0.4 is 5.32 Å². The molecule has 1 aromatic carbocycles. The van der Waals surface area contributed by atoms with Crippen LogP contribution in [0.4, 0.5) is 0 Å². The van der Waals surface area contributed by atoms with Crippen molar-refractivity contribution < 1.29 is 24.6 Å². The zero-order valence-corrected chi connectivity index (χ0v) is 12.4. The van der Waals surface area contributed by atoms with E-state index >= 15 is 0 Å². The Kier molecular flexibility index (Phi) is 6.74. The van der Waals surface area contributed by atoms with E-state index in [9.17, 15) is 14.4 Å². The average Bonchev–Trinajstić information content (AvgIpc) is 2.39. The standard InChI is InChI=1S/C14H17NO5S/c1-9-2-4-10(5-3-9)7-21-8-12(16)15-11(14(19)20)6-13(17)18/h2-5,11H,6-8H2,1H3,(H,15,16)(H,17,18)(H,19,20). The van der Waals surface area contributed by atoms with Gasteiger partial charge in [-0.15, -0.1) is 11.8 Å². The number of benzene rings is 1. The van der Waals surface area contributed by atoms with E-state index in [1.54, 1.807) is 0 Å². The number of nitrogens with one attached hydrogen (secondary N) is 1. The second kappa shape index (κ2) is 8.31. The molecule has 0 fully saturated rings. The van der Waals surface area contributed by atoms with Crippen molar-refractivity contribution in [3.63, 3.8) is 0 Å². The van der Waals surface area contributed by atoms with Crippen LogP contribution in [0.1, 0.15) is 17.5 Å². The van der Waals surface area contributed by atoms with Crippen LogP contribution in [0.5, 0.6) is 0 Å². The summed E-state index contributed by atoms with van der Waals surface area (Å²) in [5.41, 5.74) is 2.22. The van der Waals surface area contributed by atoms with Crippen LogP contribution in [0.3, 0.4) is 0 Å². The number of thioether (sulfide) groups is 1. The van der Waals surface area contributed by atoms with Gasteiger partial charge in [-0.1, -0.05) is 29.8 Å². The normalized spacial score (nSPS) is 11.7. The van der Waals surface area contributed by atoms with E-state index in [0.29, 0.717) is 5.75 Å². The zero-order valence-electron chi connectivity index (χ0n) is 11.5. The molecule has 21 heavy (non-hydrogen) atoms. The zero-order chi connectivity index (χ0) is 15.8. The molecule has 1 rings (SSSR count). The van der Waals surface area contributed by atoms with Gasteiger partial charge in [0, 0.05) is 5.75 Å². The summed E-state index contributed by atoms with van der Waals surface area (Å²) in [4.78, 5) is 32.9. The van der Waals surface area contributed by atoms with Gasteiger partial charge in [0.2, 0.25) is 5.91 Å². The molecule has 7 heteroatoms. The molecule has 0 aliphatic rings. The SMILES string of the molecule is Cc1ccc(CSCC(=O)NC(CC(=O)O)C(=O)O)cc1. The molecule has 0 saturated heterocycles. The van der Waals surface area contributed by atoms with Crippen molar-refractivity contribution in [1.29, 1.82) is 0 Å². The molecule has 1 amide bonds. The van der Waals surface area contributed by atoms with Crippen molar-refractivity contribution in [3.05, 3.63) is 35.4 Å². The van der Waals surface area contributed by atoms with E-state index in [-0.39, 0.29) is 5.75 Å². The fourth-order valence-electron chi connectivity index (χ4n) is 1.56. The largest absolute Gasteiger partial charge is 0.481 e. The molecule has 1 unspecified atom stereocenters. The molecule has 3 N–H and O–H groups in total. The molecule has 0 aliphatic carbocycles. The molecule has 0 aromatic heterocycles. The van der Waals surface area contributed by atoms with Gasteiger partial charge in [-0.05, 0) is 12.5 Å². The summed E-state index contributed by atoms with van der Waals surface area (Å²) >= 11 is 1.34. The highest BCUT2D eigenvalue weighted by Gasteiger charge is 2.22. The van der Waals surface area contributed by atoms with Crippen LogP contribution in [0.15, 0.2) is 24.3 Å². The molecule has 6 nitrogen and oxygen atoms in total. The van der Waals surface area contributed by atoms with Crippen LogP contribution in [-0.4, -0.2) is 39.9 Å². The van der Waals surface area contributed by atoms with Crippen molar-refractivity contribution >= 4 is 29.6 Å². The molecule has 0 spiro atoms. The Morgan fingerprint density at radius 1 is 1.19 bits per heavy atom. The lowest BCUT2D eigenvalue weighted by Gasteiger charge is -2.12. The van der Waals surface area contributed by atoms with Crippen LogP contribution in [0, 0.1) is 6.92 Å². The van der Waals surface area contributed by atoms with E-state index < -0.39 is 30.3 Å². The van der Waals surface area contributed by atoms with Crippen molar-refractivity contribution in [3.8, 4) is 0 Å². The summed E-state index contributed by atoms with van der Waals surface area (Å²) in [6, 6.07) is 6.48. The fourth-order valence-corrected chi connectivity index (χ4v) is 2.36. The number of carboxylic acid groups (broad SMARTS) is 2. The Labute approximate surface area is 126 Å². The lowest BCUT2D eigenvalue weighted by Crippen LogP contribution is -2.43. The lowest BCUT2D eigenvalue weighted by atomic mass is 10.2. The number of aryl methyl sites for hydroxylation is 1. The number of rotatable bonds is 8. The molecule has 0 bridgehead atoms. The third-order valence-electron chi connectivity index (χ3n) is 2.63. The molecular weight excluding hydrogens is 294 g/mol. The highest BCUT2D eigenvalue weighted by atomic mass is 32.2. The number of hydrogen-bond donors (Lipinski definition) is 3. The number of carboxylic acids is 2. The van der Waals surface area contributed by atoms with E-state index in [1.165, 1.54) is 11.8 Å². The minimum atomic E-state index is -1.39. The van der Waals surface area contributed by atoms with Crippen LogP contribution in [0.2, 0.25) is 0 Å². The third kappa shape index (κ3) is 6.80. The second-order valence-corrected chi connectivity index (χ2v) is 5.52. The van der Waals surface area contributed by atoms with Crippen molar-refractivity contribution in [2.75, 3.05) is 5.75 Å². The fraction of sp³-hybridized carbons (Fsp3) is 0.357. The van der Waals surface area contributed by atoms with Crippen molar-refractivity contribution in [1.82, 2.24) is 5.32 Å². The van der Waals surface area contributed by atoms with Gasteiger partial charge in [0.15, 0.2) is 0 Å². The van der Waals surface area contributed by atoms with Crippen LogP contribution >= 0.6 is 11.8 Å². The first-order valence-electron chi connectivity index (χ1n) is 6.25. The van der Waals surface area contributed by atoms with Gasteiger partial charge in [-0.3, -0.25) is 9.59 Å². The Hall–Kier alpha value is -2.02. The van der Waals surface area contributed by atoms with Gasteiger partial charge in [-0.25, -0.2) is 4.79 Å². The number of carbonyl (C=O) groups excluding carboxylic acids is 1. The first kappa shape index (κ1) is 17.0. The van der Waals surface area contributed by atoms with Crippen LogP contribution in [-0.2, 0) is 20.1 Å². The minimum Gasteiger partial charge on any atom is -0.481 e. The van der Waals surface area contributed by atoms with E-state index in [2.05, 4.69) is 5.32 Å². The van der Waals surface area contributed by atoms with Gasteiger partial charge in [0.25, 0.3) is 0 Å². The van der Waals surface area contributed by atoms with Gasteiger partial charge >= 0.3 is 11.9 Å². The molecule has 0 heterocycles.